The number of carbonyl (C=O) groups is 2. The lowest BCUT2D eigenvalue weighted by molar-refractivity contribution is -0.142. The molecule has 5 nitrogen and oxygen atoms in total. The van der Waals surface area contributed by atoms with Crippen LogP contribution in [0.4, 0.5) is 0 Å². The van der Waals surface area contributed by atoms with Crippen LogP contribution >= 0.6 is 0 Å². The first-order chi connectivity index (χ1) is 7.73. The number of rotatable bonds is 7. The first kappa shape index (κ1) is 15.9. The molecule has 0 fully saturated rings. The zero-order chi connectivity index (χ0) is 13.6. The lowest BCUT2D eigenvalue weighted by Gasteiger charge is -2.20. The van der Waals surface area contributed by atoms with Gasteiger partial charge in [-0.05, 0) is 24.7 Å². The number of nitrogens with two attached hydrogens (primary N) is 1. The Morgan fingerprint density at radius 2 is 1.59 bits per heavy atom. The zero-order valence-corrected chi connectivity index (χ0v) is 11.1. The standard InChI is InChI=1S/C12H24N2O3/c1-7(2)5-9(13)11(15)14-10(12(16)17)6-8(3)4/h7-10H,5-6,13H2,1-4H3,(H,14,15)(H,16,17)/t9-,10?/m1/s1. The third-order valence-electron chi connectivity index (χ3n) is 2.38. The van der Waals surface area contributed by atoms with Gasteiger partial charge in [-0.2, -0.15) is 0 Å². The molecule has 0 spiro atoms. The van der Waals surface area contributed by atoms with Crippen molar-refractivity contribution in [2.24, 2.45) is 17.6 Å². The molecule has 0 heterocycles. The molecule has 5 heteroatoms. The molecule has 0 aromatic heterocycles. The number of amides is 1. The van der Waals surface area contributed by atoms with E-state index in [1.807, 2.05) is 27.7 Å². The Morgan fingerprint density at radius 3 is 1.94 bits per heavy atom. The molecule has 0 aromatic carbocycles. The number of hydrogen-bond donors (Lipinski definition) is 3. The fourth-order valence-electron chi connectivity index (χ4n) is 1.59. The van der Waals surface area contributed by atoms with Crippen LogP contribution in [0.25, 0.3) is 0 Å². The number of carboxylic acid groups (broad SMARTS) is 1. The predicted octanol–water partition coefficient (Wildman–Crippen LogP) is 0.975. The van der Waals surface area contributed by atoms with Gasteiger partial charge in [0.25, 0.3) is 0 Å². The zero-order valence-electron chi connectivity index (χ0n) is 11.1. The average Bonchev–Trinajstić information content (AvgIpc) is 2.14. The van der Waals surface area contributed by atoms with Gasteiger partial charge >= 0.3 is 5.97 Å². The molecule has 1 unspecified atom stereocenters. The summed E-state index contributed by atoms with van der Waals surface area (Å²) < 4.78 is 0. The minimum absolute atomic E-state index is 0.206. The molecule has 1 amide bonds. The van der Waals surface area contributed by atoms with E-state index < -0.39 is 18.1 Å². The van der Waals surface area contributed by atoms with Gasteiger partial charge in [-0.15, -0.1) is 0 Å². The van der Waals surface area contributed by atoms with Gasteiger partial charge in [-0.25, -0.2) is 4.79 Å². The largest absolute Gasteiger partial charge is 0.480 e. The van der Waals surface area contributed by atoms with E-state index in [-0.39, 0.29) is 11.8 Å². The SMILES string of the molecule is CC(C)CC(NC(=O)[C@H](N)CC(C)C)C(=O)O. The van der Waals surface area contributed by atoms with E-state index in [0.29, 0.717) is 18.8 Å². The first-order valence-electron chi connectivity index (χ1n) is 6.02. The van der Waals surface area contributed by atoms with Gasteiger partial charge in [0, 0.05) is 0 Å². The summed E-state index contributed by atoms with van der Waals surface area (Å²) >= 11 is 0. The van der Waals surface area contributed by atoms with Crippen molar-refractivity contribution in [3.05, 3.63) is 0 Å². The second-order valence-corrected chi connectivity index (χ2v) is 5.27. The van der Waals surface area contributed by atoms with Gasteiger partial charge in [0.05, 0.1) is 6.04 Å². The molecule has 0 aromatic rings. The summed E-state index contributed by atoms with van der Waals surface area (Å²) in [6, 6.07) is -1.48. The van der Waals surface area contributed by atoms with Crippen LogP contribution in [-0.4, -0.2) is 29.1 Å². The van der Waals surface area contributed by atoms with E-state index in [4.69, 9.17) is 10.8 Å². The fraction of sp³-hybridized carbons (Fsp3) is 0.833. The molecular formula is C12H24N2O3. The second-order valence-electron chi connectivity index (χ2n) is 5.27. The molecule has 2 atom stereocenters. The summed E-state index contributed by atoms with van der Waals surface area (Å²) in [5, 5.41) is 11.5. The molecule has 0 aliphatic heterocycles. The predicted molar refractivity (Wildman–Crippen MR) is 66.5 cm³/mol. The van der Waals surface area contributed by atoms with Crippen LogP contribution in [0.5, 0.6) is 0 Å². The monoisotopic (exact) mass is 244 g/mol. The Kier molecular flexibility index (Phi) is 6.80. The van der Waals surface area contributed by atoms with Crippen molar-refractivity contribution in [3.63, 3.8) is 0 Å². The number of carbonyl (C=O) groups excluding carboxylic acids is 1. The number of hydrogen-bond acceptors (Lipinski definition) is 3. The van der Waals surface area contributed by atoms with Crippen molar-refractivity contribution in [2.45, 2.75) is 52.6 Å². The van der Waals surface area contributed by atoms with E-state index >= 15 is 0 Å². The van der Waals surface area contributed by atoms with Crippen molar-refractivity contribution in [2.75, 3.05) is 0 Å². The lowest BCUT2D eigenvalue weighted by Crippen LogP contribution is -2.49. The van der Waals surface area contributed by atoms with Crippen molar-refractivity contribution >= 4 is 11.9 Å². The highest BCUT2D eigenvalue weighted by Crippen LogP contribution is 2.07. The molecule has 0 saturated carbocycles. The molecule has 17 heavy (non-hydrogen) atoms. The summed E-state index contributed by atoms with van der Waals surface area (Å²) in [6.45, 7) is 7.76. The minimum Gasteiger partial charge on any atom is -0.480 e. The molecular weight excluding hydrogens is 220 g/mol. The van der Waals surface area contributed by atoms with Gasteiger partial charge in [-0.1, -0.05) is 27.7 Å². The first-order valence-corrected chi connectivity index (χ1v) is 6.02. The van der Waals surface area contributed by atoms with Crippen LogP contribution in [-0.2, 0) is 9.59 Å². The Balaban J connectivity index is 4.35. The quantitative estimate of drug-likeness (QED) is 0.622. The number of aliphatic carboxylic acids is 1. The number of carboxylic acids is 1. The van der Waals surface area contributed by atoms with Crippen LogP contribution in [0.1, 0.15) is 40.5 Å². The third kappa shape index (κ3) is 6.94. The van der Waals surface area contributed by atoms with E-state index in [2.05, 4.69) is 5.32 Å². The Labute approximate surface area is 103 Å². The van der Waals surface area contributed by atoms with E-state index in [9.17, 15) is 9.59 Å². The molecule has 0 radical (unpaired) electrons. The van der Waals surface area contributed by atoms with Crippen LogP contribution < -0.4 is 11.1 Å². The second kappa shape index (κ2) is 7.27. The van der Waals surface area contributed by atoms with Crippen molar-refractivity contribution in [1.29, 1.82) is 0 Å². The van der Waals surface area contributed by atoms with Crippen LogP contribution in [0, 0.1) is 11.8 Å². The van der Waals surface area contributed by atoms with E-state index in [1.165, 1.54) is 0 Å². The fourth-order valence-corrected chi connectivity index (χ4v) is 1.59. The van der Waals surface area contributed by atoms with Crippen molar-refractivity contribution in [3.8, 4) is 0 Å². The molecule has 0 bridgehead atoms. The van der Waals surface area contributed by atoms with Gasteiger partial charge in [-0.3, -0.25) is 4.79 Å². The molecule has 0 aliphatic rings. The van der Waals surface area contributed by atoms with Gasteiger partial charge in [0.15, 0.2) is 0 Å². The molecule has 4 N–H and O–H groups in total. The minimum atomic E-state index is -1.01. The maximum Gasteiger partial charge on any atom is 0.326 e. The average molecular weight is 244 g/mol. The van der Waals surface area contributed by atoms with Crippen LogP contribution in [0.15, 0.2) is 0 Å². The highest BCUT2D eigenvalue weighted by atomic mass is 16.4. The van der Waals surface area contributed by atoms with Gasteiger partial charge in [0.2, 0.25) is 5.91 Å². The summed E-state index contributed by atoms with van der Waals surface area (Å²) in [5.74, 6) is -0.877. The van der Waals surface area contributed by atoms with Crippen LogP contribution in [0.3, 0.4) is 0 Å². The van der Waals surface area contributed by atoms with Crippen molar-refractivity contribution < 1.29 is 14.7 Å². The number of nitrogens with one attached hydrogen (secondary N) is 1. The Bertz CT molecular complexity index is 264. The molecule has 0 saturated heterocycles. The maximum absolute atomic E-state index is 11.7. The van der Waals surface area contributed by atoms with Gasteiger partial charge in [0.1, 0.15) is 6.04 Å². The molecule has 0 rings (SSSR count). The Morgan fingerprint density at radius 1 is 1.12 bits per heavy atom. The lowest BCUT2D eigenvalue weighted by atomic mass is 10.0. The smallest absolute Gasteiger partial charge is 0.326 e. The summed E-state index contributed by atoms with van der Waals surface area (Å²) in [5.41, 5.74) is 5.69. The summed E-state index contributed by atoms with van der Waals surface area (Å²) in [7, 11) is 0. The third-order valence-corrected chi connectivity index (χ3v) is 2.38. The van der Waals surface area contributed by atoms with Gasteiger partial charge < -0.3 is 16.2 Å². The van der Waals surface area contributed by atoms with Crippen LogP contribution in [0.2, 0.25) is 0 Å². The molecule has 0 aliphatic carbocycles. The normalized spacial score (nSPS) is 14.8. The van der Waals surface area contributed by atoms with E-state index in [1.54, 1.807) is 0 Å². The summed E-state index contributed by atoms with van der Waals surface area (Å²) in [6.07, 6.45) is 0.968. The summed E-state index contributed by atoms with van der Waals surface area (Å²) in [4.78, 5) is 22.6. The highest BCUT2D eigenvalue weighted by molar-refractivity contribution is 5.86. The van der Waals surface area contributed by atoms with E-state index in [0.717, 1.165) is 0 Å². The highest BCUT2D eigenvalue weighted by Gasteiger charge is 2.24. The Hall–Kier alpha value is -1.10. The maximum atomic E-state index is 11.7. The van der Waals surface area contributed by atoms with Crippen molar-refractivity contribution in [1.82, 2.24) is 5.32 Å². The molecule has 100 valence electrons. The topological polar surface area (TPSA) is 92.4 Å².